The first-order valence-electron chi connectivity index (χ1n) is 4.97. The Kier molecular flexibility index (Phi) is 3.14. The molecule has 1 aliphatic heterocycles. The zero-order valence-electron chi connectivity index (χ0n) is 9.10. The number of ether oxygens (including phenoxy) is 3. The molecule has 1 aromatic carbocycles. The highest BCUT2D eigenvalue weighted by Gasteiger charge is 2.24. The lowest BCUT2D eigenvalue weighted by Gasteiger charge is -2.26. The van der Waals surface area contributed by atoms with Crippen LogP contribution in [0.3, 0.4) is 0 Å². The van der Waals surface area contributed by atoms with Crippen LogP contribution < -0.4 is 9.47 Å². The van der Waals surface area contributed by atoms with Crippen LogP contribution in [0.5, 0.6) is 11.5 Å². The first kappa shape index (κ1) is 11.7. The zero-order chi connectivity index (χ0) is 12.4. The maximum Gasteiger partial charge on any atom is 0.338 e. The molecular formula is C11H11FO5. The second kappa shape index (κ2) is 4.58. The van der Waals surface area contributed by atoms with E-state index in [2.05, 4.69) is 0 Å². The van der Waals surface area contributed by atoms with Crippen molar-refractivity contribution in [3.05, 3.63) is 23.5 Å². The van der Waals surface area contributed by atoms with Gasteiger partial charge in [0, 0.05) is 19.2 Å². The van der Waals surface area contributed by atoms with Crippen molar-refractivity contribution in [1.29, 1.82) is 0 Å². The Bertz CT molecular complexity index is 446. The fraction of sp³-hybridized carbons (Fsp3) is 0.364. The van der Waals surface area contributed by atoms with E-state index in [1.165, 1.54) is 7.11 Å². The molecule has 92 valence electrons. The minimum Gasteiger partial charge on any atom is -0.486 e. The molecule has 6 heteroatoms. The van der Waals surface area contributed by atoms with E-state index in [-0.39, 0.29) is 24.2 Å². The van der Waals surface area contributed by atoms with Crippen molar-refractivity contribution < 1.29 is 28.5 Å². The van der Waals surface area contributed by atoms with Crippen molar-refractivity contribution in [2.45, 2.75) is 6.10 Å². The van der Waals surface area contributed by atoms with Crippen LogP contribution in [0.2, 0.25) is 0 Å². The number of aromatic carboxylic acids is 1. The molecule has 0 radical (unpaired) electrons. The molecule has 1 aliphatic rings. The number of methoxy groups -OCH3 is 1. The van der Waals surface area contributed by atoms with E-state index in [1.807, 2.05) is 0 Å². The van der Waals surface area contributed by atoms with Crippen LogP contribution >= 0.6 is 0 Å². The van der Waals surface area contributed by atoms with Crippen molar-refractivity contribution >= 4 is 5.97 Å². The van der Waals surface area contributed by atoms with E-state index in [0.717, 1.165) is 12.1 Å². The highest BCUT2D eigenvalue weighted by atomic mass is 19.1. The van der Waals surface area contributed by atoms with Crippen LogP contribution in [0, 0.1) is 5.82 Å². The molecule has 2 rings (SSSR count). The topological polar surface area (TPSA) is 65.0 Å². The minimum absolute atomic E-state index is 0.208. The Balaban J connectivity index is 2.30. The molecule has 0 aromatic heterocycles. The lowest BCUT2D eigenvalue weighted by atomic mass is 10.1. The van der Waals surface area contributed by atoms with Crippen LogP contribution in [-0.4, -0.2) is 37.5 Å². The van der Waals surface area contributed by atoms with Gasteiger partial charge in [-0.05, 0) is 0 Å². The molecule has 0 saturated heterocycles. The van der Waals surface area contributed by atoms with Gasteiger partial charge in [-0.3, -0.25) is 0 Å². The van der Waals surface area contributed by atoms with Crippen LogP contribution in [0.1, 0.15) is 10.4 Å². The maximum absolute atomic E-state index is 13.3. The van der Waals surface area contributed by atoms with Crippen LogP contribution in [0.4, 0.5) is 4.39 Å². The molecule has 0 amide bonds. The van der Waals surface area contributed by atoms with E-state index < -0.39 is 17.3 Å². The molecule has 0 spiro atoms. The Labute approximate surface area is 96.7 Å². The summed E-state index contributed by atoms with van der Waals surface area (Å²) in [5, 5.41) is 8.78. The number of carbonyl (C=O) groups is 1. The second-order valence-corrected chi connectivity index (χ2v) is 3.59. The van der Waals surface area contributed by atoms with E-state index >= 15 is 0 Å². The monoisotopic (exact) mass is 242 g/mol. The van der Waals surface area contributed by atoms with Gasteiger partial charge in [-0.15, -0.1) is 0 Å². The summed E-state index contributed by atoms with van der Waals surface area (Å²) in [4.78, 5) is 10.8. The van der Waals surface area contributed by atoms with Gasteiger partial charge in [-0.2, -0.15) is 0 Å². The second-order valence-electron chi connectivity index (χ2n) is 3.59. The quantitative estimate of drug-likeness (QED) is 0.865. The summed E-state index contributed by atoms with van der Waals surface area (Å²) in [6.07, 6.45) is -0.320. The summed E-state index contributed by atoms with van der Waals surface area (Å²) in [6.45, 7) is 0.561. The molecule has 5 nitrogen and oxygen atoms in total. The average molecular weight is 242 g/mol. The third-order valence-electron chi connectivity index (χ3n) is 2.33. The molecule has 0 saturated carbocycles. The standard InChI is InChI=1S/C11H11FO5/c1-15-4-6-5-16-9-3-8(12)7(11(13)14)2-10(9)17-6/h2-3,6H,4-5H2,1H3,(H,13,14). The molecule has 1 unspecified atom stereocenters. The van der Waals surface area contributed by atoms with E-state index in [9.17, 15) is 9.18 Å². The van der Waals surface area contributed by atoms with Crippen molar-refractivity contribution in [3.8, 4) is 11.5 Å². The highest BCUT2D eigenvalue weighted by Crippen LogP contribution is 2.34. The van der Waals surface area contributed by atoms with Gasteiger partial charge in [-0.1, -0.05) is 0 Å². The highest BCUT2D eigenvalue weighted by molar-refractivity contribution is 5.88. The lowest BCUT2D eigenvalue weighted by molar-refractivity contribution is 0.0267. The number of hydrogen-bond donors (Lipinski definition) is 1. The van der Waals surface area contributed by atoms with Crippen molar-refractivity contribution in [2.75, 3.05) is 20.3 Å². The average Bonchev–Trinajstić information content (AvgIpc) is 2.28. The van der Waals surface area contributed by atoms with Gasteiger partial charge < -0.3 is 19.3 Å². The van der Waals surface area contributed by atoms with Crippen LogP contribution in [0.15, 0.2) is 12.1 Å². The predicted octanol–water partition coefficient (Wildman–Crippen LogP) is 1.31. The number of fused-ring (bicyclic) bond motifs is 1. The molecule has 0 fully saturated rings. The summed E-state index contributed by atoms with van der Waals surface area (Å²) in [7, 11) is 1.52. The summed E-state index contributed by atoms with van der Waals surface area (Å²) >= 11 is 0. The summed E-state index contributed by atoms with van der Waals surface area (Å²) in [5.41, 5.74) is -0.439. The van der Waals surface area contributed by atoms with Crippen molar-refractivity contribution in [1.82, 2.24) is 0 Å². The smallest absolute Gasteiger partial charge is 0.338 e. The third-order valence-corrected chi connectivity index (χ3v) is 2.33. The fourth-order valence-corrected chi connectivity index (χ4v) is 1.57. The molecule has 0 bridgehead atoms. The molecule has 17 heavy (non-hydrogen) atoms. The third kappa shape index (κ3) is 2.31. The van der Waals surface area contributed by atoms with Gasteiger partial charge in [0.25, 0.3) is 0 Å². The molecule has 1 aromatic rings. The van der Waals surface area contributed by atoms with Gasteiger partial charge in [0.05, 0.1) is 12.2 Å². The van der Waals surface area contributed by atoms with Crippen LogP contribution in [0.25, 0.3) is 0 Å². The van der Waals surface area contributed by atoms with Gasteiger partial charge in [0.2, 0.25) is 0 Å². The normalized spacial score (nSPS) is 17.9. The Hall–Kier alpha value is -1.82. The summed E-state index contributed by atoms with van der Waals surface area (Å²) in [5.74, 6) is -1.76. The minimum atomic E-state index is -1.34. The van der Waals surface area contributed by atoms with E-state index in [4.69, 9.17) is 19.3 Å². The first-order valence-corrected chi connectivity index (χ1v) is 4.97. The molecular weight excluding hydrogens is 231 g/mol. The summed E-state index contributed by atoms with van der Waals surface area (Å²) < 4.78 is 28.9. The predicted molar refractivity (Wildman–Crippen MR) is 55.1 cm³/mol. The molecule has 0 aliphatic carbocycles. The fourth-order valence-electron chi connectivity index (χ4n) is 1.57. The van der Waals surface area contributed by atoms with Crippen molar-refractivity contribution in [2.24, 2.45) is 0 Å². The molecule has 1 heterocycles. The lowest BCUT2D eigenvalue weighted by Crippen LogP contribution is -2.33. The number of hydrogen-bond acceptors (Lipinski definition) is 4. The largest absolute Gasteiger partial charge is 0.486 e. The van der Waals surface area contributed by atoms with Gasteiger partial charge in [0.1, 0.15) is 12.4 Å². The van der Waals surface area contributed by atoms with Crippen molar-refractivity contribution in [3.63, 3.8) is 0 Å². The van der Waals surface area contributed by atoms with Gasteiger partial charge in [0.15, 0.2) is 17.6 Å². The molecule has 1 N–H and O–H groups in total. The Morgan fingerprint density at radius 2 is 2.35 bits per heavy atom. The molecule has 1 atom stereocenters. The SMILES string of the molecule is COCC1COc2cc(F)c(C(=O)O)cc2O1. The summed E-state index contributed by atoms with van der Waals surface area (Å²) in [6, 6.07) is 2.14. The number of halogens is 1. The number of carboxylic acids is 1. The Morgan fingerprint density at radius 3 is 3.00 bits per heavy atom. The maximum atomic E-state index is 13.3. The van der Waals surface area contributed by atoms with E-state index in [0.29, 0.717) is 6.61 Å². The first-order chi connectivity index (χ1) is 8.11. The van der Waals surface area contributed by atoms with Gasteiger partial charge in [-0.25, -0.2) is 9.18 Å². The van der Waals surface area contributed by atoms with Crippen LogP contribution in [-0.2, 0) is 4.74 Å². The van der Waals surface area contributed by atoms with Gasteiger partial charge >= 0.3 is 5.97 Å². The Morgan fingerprint density at radius 1 is 1.59 bits per heavy atom. The van der Waals surface area contributed by atoms with E-state index in [1.54, 1.807) is 0 Å². The number of benzene rings is 1. The number of carboxylic acid groups (broad SMARTS) is 1. The number of rotatable bonds is 3. The zero-order valence-corrected chi connectivity index (χ0v) is 9.10.